The Bertz CT molecular complexity index is 858. The van der Waals surface area contributed by atoms with Gasteiger partial charge in [-0.2, -0.15) is 0 Å². The fourth-order valence-electron chi connectivity index (χ4n) is 4.08. The molecule has 1 aliphatic carbocycles. The van der Waals surface area contributed by atoms with Gasteiger partial charge >= 0.3 is 0 Å². The van der Waals surface area contributed by atoms with E-state index in [0.717, 1.165) is 43.4 Å². The number of rotatable bonds is 8. The van der Waals surface area contributed by atoms with E-state index in [1.165, 1.54) is 17.5 Å². The Morgan fingerprint density at radius 2 is 1.93 bits per heavy atom. The molecule has 1 heterocycles. The molecule has 0 bridgehead atoms. The second-order valence-corrected chi connectivity index (χ2v) is 7.84. The summed E-state index contributed by atoms with van der Waals surface area (Å²) in [5.41, 5.74) is 4.90. The van der Waals surface area contributed by atoms with Gasteiger partial charge in [0, 0.05) is 13.2 Å². The summed E-state index contributed by atoms with van der Waals surface area (Å²) in [6.45, 7) is 1.81. The van der Waals surface area contributed by atoms with E-state index in [9.17, 15) is 4.79 Å². The highest BCUT2D eigenvalue weighted by atomic mass is 16.5. The highest BCUT2D eigenvalue weighted by molar-refractivity contribution is 5.78. The van der Waals surface area contributed by atoms with Crippen LogP contribution in [0.4, 0.5) is 0 Å². The topological polar surface area (TPSA) is 56.8 Å². The summed E-state index contributed by atoms with van der Waals surface area (Å²) in [7, 11) is 1.63. The SMILES string of the molecule is COc1cc(CNC(=O)Cc2ccc3c(c2)CCC3)ccc1OCC1CCCO1. The molecule has 2 aromatic carbocycles. The van der Waals surface area contributed by atoms with E-state index >= 15 is 0 Å². The zero-order valence-corrected chi connectivity index (χ0v) is 17.0. The van der Waals surface area contributed by atoms with Gasteiger partial charge in [0.15, 0.2) is 11.5 Å². The quantitative estimate of drug-likeness (QED) is 0.742. The molecular weight excluding hydrogens is 366 g/mol. The van der Waals surface area contributed by atoms with Gasteiger partial charge in [-0.3, -0.25) is 4.79 Å². The van der Waals surface area contributed by atoms with Gasteiger partial charge in [-0.05, 0) is 66.5 Å². The lowest BCUT2D eigenvalue weighted by Gasteiger charge is -2.15. The van der Waals surface area contributed by atoms with Crippen LogP contribution in [0.25, 0.3) is 0 Å². The van der Waals surface area contributed by atoms with Gasteiger partial charge in [-0.25, -0.2) is 0 Å². The first kappa shape index (κ1) is 19.8. The zero-order chi connectivity index (χ0) is 20.1. The molecule has 1 fully saturated rings. The van der Waals surface area contributed by atoms with Crippen LogP contribution in [-0.4, -0.2) is 32.3 Å². The summed E-state index contributed by atoms with van der Waals surface area (Å²) in [5, 5.41) is 3.01. The Hall–Kier alpha value is -2.53. The van der Waals surface area contributed by atoms with Crippen molar-refractivity contribution in [1.82, 2.24) is 5.32 Å². The predicted molar refractivity (Wildman–Crippen MR) is 111 cm³/mol. The summed E-state index contributed by atoms with van der Waals surface area (Å²) in [4.78, 5) is 12.4. The summed E-state index contributed by atoms with van der Waals surface area (Å²) in [6.07, 6.45) is 6.22. The molecule has 2 aliphatic rings. The van der Waals surface area contributed by atoms with Crippen LogP contribution in [0.5, 0.6) is 11.5 Å². The molecule has 4 rings (SSSR count). The first-order valence-corrected chi connectivity index (χ1v) is 10.5. The van der Waals surface area contributed by atoms with Gasteiger partial charge in [0.05, 0.1) is 19.6 Å². The lowest BCUT2D eigenvalue weighted by atomic mass is 10.0. The van der Waals surface area contributed by atoms with Crippen molar-refractivity contribution in [3.05, 3.63) is 58.7 Å². The van der Waals surface area contributed by atoms with Gasteiger partial charge in [-0.15, -0.1) is 0 Å². The number of carbonyl (C=O) groups excluding carboxylic acids is 1. The van der Waals surface area contributed by atoms with Crippen molar-refractivity contribution in [2.45, 2.75) is 51.2 Å². The number of hydrogen-bond acceptors (Lipinski definition) is 4. The summed E-state index contributed by atoms with van der Waals surface area (Å²) in [5.74, 6) is 1.41. The second kappa shape index (κ2) is 9.31. The molecule has 1 amide bonds. The molecule has 1 aliphatic heterocycles. The van der Waals surface area contributed by atoms with Gasteiger partial charge in [0.2, 0.25) is 5.91 Å². The molecule has 1 atom stereocenters. The Morgan fingerprint density at radius 1 is 1.07 bits per heavy atom. The number of nitrogens with one attached hydrogen (secondary N) is 1. The Balaban J connectivity index is 1.29. The first-order chi connectivity index (χ1) is 14.2. The molecule has 0 spiro atoms. The Labute approximate surface area is 172 Å². The van der Waals surface area contributed by atoms with E-state index in [0.29, 0.717) is 31.1 Å². The molecular formula is C24H29NO4. The standard InChI is InChI=1S/C24H29NO4/c1-27-23-13-18(8-10-22(23)29-16-21-6-3-11-28-21)15-25-24(26)14-17-7-9-19-4-2-5-20(19)12-17/h7-10,12-13,21H,2-6,11,14-16H2,1H3,(H,25,26). The lowest BCUT2D eigenvalue weighted by Crippen LogP contribution is -2.24. The van der Waals surface area contributed by atoms with Crippen LogP contribution in [0, 0.1) is 0 Å². The number of benzene rings is 2. The maximum atomic E-state index is 12.4. The molecule has 5 heteroatoms. The van der Waals surface area contributed by atoms with Gasteiger partial charge in [0.1, 0.15) is 6.61 Å². The molecule has 0 aromatic heterocycles. The number of aryl methyl sites for hydroxylation is 2. The first-order valence-electron chi connectivity index (χ1n) is 10.5. The number of methoxy groups -OCH3 is 1. The van der Waals surface area contributed by atoms with Crippen LogP contribution < -0.4 is 14.8 Å². The number of carbonyl (C=O) groups is 1. The minimum Gasteiger partial charge on any atom is -0.493 e. The molecule has 5 nitrogen and oxygen atoms in total. The van der Waals surface area contributed by atoms with E-state index in [2.05, 4.69) is 23.5 Å². The minimum absolute atomic E-state index is 0.0284. The number of amides is 1. The molecule has 1 saturated heterocycles. The van der Waals surface area contributed by atoms with E-state index in [-0.39, 0.29) is 12.0 Å². The van der Waals surface area contributed by atoms with Crippen molar-refractivity contribution in [2.24, 2.45) is 0 Å². The highest BCUT2D eigenvalue weighted by Crippen LogP contribution is 2.29. The van der Waals surface area contributed by atoms with Crippen molar-refractivity contribution in [1.29, 1.82) is 0 Å². The monoisotopic (exact) mass is 395 g/mol. The van der Waals surface area contributed by atoms with Crippen LogP contribution in [0.3, 0.4) is 0 Å². The Morgan fingerprint density at radius 3 is 2.76 bits per heavy atom. The van der Waals surface area contributed by atoms with Crippen LogP contribution in [0.1, 0.15) is 41.5 Å². The van der Waals surface area contributed by atoms with Crippen LogP contribution in [0.15, 0.2) is 36.4 Å². The highest BCUT2D eigenvalue weighted by Gasteiger charge is 2.17. The average molecular weight is 395 g/mol. The minimum atomic E-state index is 0.0284. The maximum Gasteiger partial charge on any atom is 0.224 e. The smallest absolute Gasteiger partial charge is 0.224 e. The van der Waals surface area contributed by atoms with Crippen molar-refractivity contribution in [3.8, 4) is 11.5 Å². The van der Waals surface area contributed by atoms with Crippen LogP contribution in [-0.2, 0) is 35.3 Å². The third kappa shape index (κ3) is 5.10. The normalized spacial score (nSPS) is 17.8. The molecule has 1 N–H and O–H groups in total. The van der Waals surface area contributed by atoms with E-state index < -0.39 is 0 Å². The molecule has 154 valence electrons. The number of fused-ring (bicyclic) bond motifs is 1. The van der Waals surface area contributed by atoms with Gasteiger partial charge in [-0.1, -0.05) is 24.3 Å². The molecule has 29 heavy (non-hydrogen) atoms. The molecule has 2 aromatic rings. The average Bonchev–Trinajstić information content (AvgIpc) is 3.42. The van der Waals surface area contributed by atoms with Gasteiger partial charge < -0.3 is 19.5 Å². The van der Waals surface area contributed by atoms with Crippen LogP contribution >= 0.6 is 0 Å². The van der Waals surface area contributed by atoms with Gasteiger partial charge in [0.25, 0.3) is 0 Å². The van der Waals surface area contributed by atoms with E-state index in [1.54, 1.807) is 7.11 Å². The van der Waals surface area contributed by atoms with E-state index in [1.807, 2.05) is 18.2 Å². The maximum absolute atomic E-state index is 12.4. The fraction of sp³-hybridized carbons (Fsp3) is 0.458. The largest absolute Gasteiger partial charge is 0.493 e. The third-order valence-corrected chi connectivity index (χ3v) is 5.69. The second-order valence-electron chi connectivity index (χ2n) is 7.84. The van der Waals surface area contributed by atoms with Crippen LogP contribution in [0.2, 0.25) is 0 Å². The molecule has 1 unspecified atom stereocenters. The van der Waals surface area contributed by atoms with Crippen molar-refractivity contribution >= 4 is 5.91 Å². The summed E-state index contributed by atoms with van der Waals surface area (Å²) < 4.78 is 16.9. The third-order valence-electron chi connectivity index (χ3n) is 5.69. The number of ether oxygens (including phenoxy) is 3. The van der Waals surface area contributed by atoms with Crippen molar-refractivity contribution in [3.63, 3.8) is 0 Å². The zero-order valence-electron chi connectivity index (χ0n) is 17.0. The summed E-state index contributed by atoms with van der Waals surface area (Å²) >= 11 is 0. The predicted octanol–water partition coefficient (Wildman–Crippen LogP) is 3.60. The number of hydrogen-bond donors (Lipinski definition) is 1. The van der Waals surface area contributed by atoms with E-state index in [4.69, 9.17) is 14.2 Å². The Kier molecular flexibility index (Phi) is 6.35. The molecule has 0 saturated carbocycles. The fourth-order valence-corrected chi connectivity index (χ4v) is 4.08. The molecule has 0 radical (unpaired) electrons. The summed E-state index contributed by atoms with van der Waals surface area (Å²) in [6, 6.07) is 12.2. The lowest BCUT2D eigenvalue weighted by molar-refractivity contribution is -0.120. The van der Waals surface area contributed by atoms with Crippen molar-refractivity contribution in [2.75, 3.05) is 20.3 Å². The van der Waals surface area contributed by atoms with Crippen molar-refractivity contribution < 1.29 is 19.0 Å².